The van der Waals surface area contributed by atoms with Crippen molar-refractivity contribution in [2.45, 2.75) is 19.4 Å². The summed E-state index contributed by atoms with van der Waals surface area (Å²) in [5, 5.41) is 3.69. The van der Waals surface area contributed by atoms with Crippen molar-refractivity contribution in [3.63, 3.8) is 0 Å². The fourth-order valence-corrected chi connectivity index (χ4v) is 2.40. The van der Waals surface area contributed by atoms with E-state index >= 15 is 0 Å². The maximum absolute atomic E-state index is 11.3. The Morgan fingerprint density at radius 3 is 2.81 bits per heavy atom. The predicted octanol–water partition coefficient (Wildman–Crippen LogP) is 2.34. The molecular formula is C11H11ClN2OS. The number of para-hydroxylation sites is 1. The van der Waals surface area contributed by atoms with Gasteiger partial charge in [0, 0.05) is 12.5 Å². The molecule has 0 radical (unpaired) electrons. The van der Waals surface area contributed by atoms with Crippen molar-refractivity contribution in [3.8, 4) is 0 Å². The third-order valence-corrected chi connectivity index (χ3v) is 3.12. The summed E-state index contributed by atoms with van der Waals surface area (Å²) < 4.78 is 0. The minimum absolute atomic E-state index is 0.0288. The largest absolute Gasteiger partial charge is 0.314 e. The predicted molar refractivity (Wildman–Crippen MR) is 68.8 cm³/mol. The molecule has 1 saturated heterocycles. The number of benzene rings is 1. The molecule has 1 aromatic rings. The van der Waals surface area contributed by atoms with E-state index in [1.165, 1.54) is 0 Å². The van der Waals surface area contributed by atoms with E-state index in [-0.39, 0.29) is 11.9 Å². The molecule has 0 saturated carbocycles. The maximum atomic E-state index is 11.3. The molecule has 84 valence electrons. The van der Waals surface area contributed by atoms with E-state index in [2.05, 4.69) is 5.32 Å². The molecule has 0 unspecified atom stereocenters. The Morgan fingerprint density at radius 2 is 2.19 bits per heavy atom. The fourth-order valence-electron chi connectivity index (χ4n) is 1.78. The van der Waals surface area contributed by atoms with Crippen LogP contribution in [0.1, 0.15) is 13.3 Å². The van der Waals surface area contributed by atoms with E-state index in [1.807, 2.05) is 36.1 Å². The Bertz CT molecular complexity index is 449. The number of nitrogens with zero attached hydrogens (tertiary/aromatic N) is 1. The van der Waals surface area contributed by atoms with Gasteiger partial charge in [-0.25, -0.2) is 0 Å². The molecule has 0 spiro atoms. The molecule has 1 amide bonds. The van der Waals surface area contributed by atoms with Crippen molar-refractivity contribution in [1.29, 1.82) is 0 Å². The van der Waals surface area contributed by atoms with Gasteiger partial charge in [-0.1, -0.05) is 23.7 Å². The molecule has 1 aromatic carbocycles. The van der Waals surface area contributed by atoms with Gasteiger partial charge in [0.1, 0.15) is 0 Å². The molecule has 1 aliphatic heterocycles. The highest BCUT2D eigenvalue weighted by molar-refractivity contribution is 7.80. The van der Waals surface area contributed by atoms with Crippen LogP contribution in [0.3, 0.4) is 0 Å². The van der Waals surface area contributed by atoms with E-state index in [4.69, 9.17) is 23.8 Å². The SMILES string of the molecule is C[C@@H]1CC(=O)NC(=S)N1c1ccccc1Cl. The zero-order chi connectivity index (χ0) is 11.7. The van der Waals surface area contributed by atoms with Crippen molar-refractivity contribution < 1.29 is 4.79 Å². The lowest BCUT2D eigenvalue weighted by molar-refractivity contribution is -0.120. The van der Waals surface area contributed by atoms with Crippen LogP contribution in [0.5, 0.6) is 0 Å². The topological polar surface area (TPSA) is 32.3 Å². The van der Waals surface area contributed by atoms with Gasteiger partial charge in [-0.2, -0.15) is 0 Å². The summed E-state index contributed by atoms with van der Waals surface area (Å²) >= 11 is 11.3. The Hall–Kier alpha value is -1.13. The first kappa shape index (κ1) is 11.4. The first-order valence-electron chi connectivity index (χ1n) is 4.97. The molecule has 16 heavy (non-hydrogen) atoms. The van der Waals surface area contributed by atoms with Gasteiger partial charge < -0.3 is 10.2 Å². The Balaban J connectivity index is 2.37. The number of amides is 1. The van der Waals surface area contributed by atoms with Crippen LogP contribution >= 0.6 is 23.8 Å². The van der Waals surface area contributed by atoms with E-state index in [1.54, 1.807) is 0 Å². The van der Waals surface area contributed by atoms with E-state index in [9.17, 15) is 4.79 Å². The third kappa shape index (κ3) is 2.03. The van der Waals surface area contributed by atoms with Gasteiger partial charge in [-0.3, -0.25) is 4.79 Å². The number of hydrogen-bond donors (Lipinski definition) is 1. The molecule has 1 N–H and O–H groups in total. The van der Waals surface area contributed by atoms with Gasteiger partial charge in [0.05, 0.1) is 10.7 Å². The quantitative estimate of drug-likeness (QED) is 0.781. The third-order valence-electron chi connectivity index (χ3n) is 2.50. The number of carbonyl (C=O) groups is 1. The number of halogens is 1. The first-order chi connectivity index (χ1) is 7.59. The van der Waals surface area contributed by atoms with Crippen LogP contribution in [0, 0.1) is 0 Å². The van der Waals surface area contributed by atoms with E-state index in [0.29, 0.717) is 16.6 Å². The zero-order valence-electron chi connectivity index (χ0n) is 8.74. The van der Waals surface area contributed by atoms with Gasteiger partial charge in [0.25, 0.3) is 0 Å². The van der Waals surface area contributed by atoms with Crippen molar-refractivity contribution in [2.24, 2.45) is 0 Å². The van der Waals surface area contributed by atoms with Gasteiger partial charge in [0.2, 0.25) is 5.91 Å². The Kier molecular flexibility index (Phi) is 3.12. The molecule has 0 aliphatic carbocycles. The Morgan fingerprint density at radius 1 is 1.50 bits per heavy atom. The molecule has 2 rings (SSSR count). The normalized spacial score (nSPS) is 20.9. The lowest BCUT2D eigenvalue weighted by atomic mass is 10.1. The number of nitrogens with one attached hydrogen (secondary N) is 1. The summed E-state index contributed by atoms with van der Waals surface area (Å²) in [7, 11) is 0. The summed E-state index contributed by atoms with van der Waals surface area (Å²) in [4.78, 5) is 13.2. The molecule has 1 fully saturated rings. The fraction of sp³-hybridized carbons (Fsp3) is 0.273. The summed E-state index contributed by atoms with van der Waals surface area (Å²) in [6.07, 6.45) is 0.422. The van der Waals surface area contributed by atoms with Gasteiger partial charge in [-0.15, -0.1) is 0 Å². The summed E-state index contributed by atoms with van der Waals surface area (Å²) in [6.45, 7) is 1.95. The van der Waals surface area contributed by atoms with Crippen molar-refractivity contribution in [2.75, 3.05) is 4.90 Å². The van der Waals surface area contributed by atoms with Crippen LogP contribution in [0.15, 0.2) is 24.3 Å². The minimum Gasteiger partial charge on any atom is -0.314 e. The van der Waals surface area contributed by atoms with Crippen molar-refractivity contribution >= 4 is 40.5 Å². The minimum atomic E-state index is -0.0409. The smallest absolute Gasteiger partial charge is 0.228 e. The molecule has 0 aromatic heterocycles. The summed E-state index contributed by atoms with van der Waals surface area (Å²) in [5.74, 6) is -0.0409. The monoisotopic (exact) mass is 254 g/mol. The van der Waals surface area contributed by atoms with E-state index < -0.39 is 0 Å². The van der Waals surface area contributed by atoms with Gasteiger partial charge in [-0.05, 0) is 31.3 Å². The Labute approximate surface area is 104 Å². The lowest BCUT2D eigenvalue weighted by Crippen LogP contribution is -2.54. The second-order valence-corrected chi connectivity index (χ2v) is 4.52. The second-order valence-electron chi connectivity index (χ2n) is 3.73. The molecule has 1 heterocycles. The van der Waals surface area contributed by atoms with Crippen LogP contribution in [-0.4, -0.2) is 17.1 Å². The highest BCUT2D eigenvalue weighted by Crippen LogP contribution is 2.29. The van der Waals surface area contributed by atoms with Crippen LogP contribution < -0.4 is 10.2 Å². The number of hydrogen-bond acceptors (Lipinski definition) is 2. The number of anilines is 1. The first-order valence-corrected chi connectivity index (χ1v) is 5.76. The zero-order valence-corrected chi connectivity index (χ0v) is 10.3. The highest BCUT2D eigenvalue weighted by Gasteiger charge is 2.28. The molecule has 5 heteroatoms. The van der Waals surface area contributed by atoms with Gasteiger partial charge in [0.15, 0.2) is 5.11 Å². The molecule has 3 nitrogen and oxygen atoms in total. The molecule has 0 bridgehead atoms. The number of rotatable bonds is 1. The van der Waals surface area contributed by atoms with E-state index in [0.717, 1.165) is 5.69 Å². The van der Waals surface area contributed by atoms with Crippen molar-refractivity contribution in [1.82, 2.24) is 5.32 Å². The van der Waals surface area contributed by atoms with Crippen LogP contribution in [0.25, 0.3) is 0 Å². The molecular weight excluding hydrogens is 244 g/mol. The van der Waals surface area contributed by atoms with Crippen LogP contribution in [-0.2, 0) is 4.79 Å². The standard InChI is InChI=1S/C11H11ClN2OS/c1-7-6-10(15)13-11(16)14(7)9-5-3-2-4-8(9)12/h2-5,7H,6H2,1H3,(H,13,15,16)/t7-/m1/s1. The maximum Gasteiger partial charge on any atom is 0.228 e. The molecule has 1 atom stereocenters. The number of thiocarbonyl (C=S) groups is 1. The average Bonchev–Trinajstić information content (AvgIpc) is 2.19. The molecule has 1 aliphatic rings. The van der Waals surface area contributed by atoms with Crippen LogP contribution in [0.2, 0.25) is 5.02 Å². The lowest BCUT2D eigenvalue weighted by Gasteiger charge is -2.35. The average molecular weight is 255 g/mol. The van der Waals surface area contributed by atoms with Crippen molar-refractivity contribution in [3.05, 3.63) is 29.3 Å². The van der Waals surface area contributed by atoms with Crippen LogP contribution in [0.4, 0.5) is 5.69 Å². The summed E-state index contributed by atoms with van der Waals surface area (Å²) in [5.41, 5.74) is 0.835. The number of carbonyl (C=O) groups excluding carboxylic acids is 1. The van der Waals surface area contributed by atoms with Gasteiger partial charge >= 0.3 is 0 Å². The highest BCUT2D eigenvalue weighted by atomic mass is 35.5. The summed E-state index contributed by atoms with van der Waals surface area (Å²) in [6, 6.07) is 7.49. The second kappa shape index (κ2) is 4.39.